The standard InChI is InChI=1S/C16H33N3O2/c1-5-10-17-15(16(20)21-4)9-12-18(3)13-14-8-7-11-19(14)6-2/h14-15,17H,5-13H2,1-4H3. The molecule has 2 atom stereocenters. The molecule has 0 aliphatic carbocycles. The quantitative estimate of drug-likeness (QED) is 0.617. The number of nitrogens with one attached hydrogen (secondary N) is 1. The second-order valence-corrected chi connectivity index (χ2v) is 6.01. The van der Waals surface area contributed by atoms with Gasteiger partial charge in [-0.05, 0) is 58.9 Å². The van der Waals surface area contributed by atoms with Gasteiger partial charge in [-0.3, -0.25) is 9.69 Å². The molecule has 0 amide bonds. The molecule has 0 saturated carbocycles. The highest BCUT2D eigenvalue weighted by molar-refractivity contribution is 5.75. The van der Waals surface area contributed by atoms with Gasteiger partial charge in [-0.15, -0.1) is 0 Å². The lowest BCUT2D eigenvalue weighted by Crippen LogP contribution is -2.43. The number of rotatable bonds is 10. The molecule has 1 N–H and O–H groups in total. The predicted octanol–water partition coefficient (Wildman–Crippen LogP) is 1.33. The minimum Gasteiger partial charge on any atom is -0.468 e. The maximum absolute atomic E-state index is 11.8. The molecule has 0 bridgehead atoms. The third-order valence-electron chi connectivity index (χ3n) is 4.35. The molecule has 2 unspecified atom stereocenters. The summed E-state index contributed by atoms with van der Waals surface area (Å²) in [5, 5.41) is 3.28. The molecule has 0 aromatic carbocycles. The summed E-state index contributed by atoms with van der Waals surface area (Å²) in [6.45, 7) is 9.59. The number of carbonyl (C=O) groups is 1. The summed E-state index contributed by atoms with van der Waals surface area (Å²) in [6.07, 6.45) is 4.45. The monoisotopic (exact) mass is 299 g/mol. The molecule has 1 heterocycles. The smallest absolute Gasteiger partial charge is 0.322 e. The van der Waals surface area contributed by atoms with Crippen molar-refractivity contribution in [1.82, 2.24) is 15.1 Å². The second kappa shape index (κ2) is 10.1. The minimum absolute atomic E-state index is 0.145. The number of carbonyl (C=O) groups excluding carboxylic acids is 1. The summed E-state index contributed by atoms with van der Waals surface area (Å²) in [5.74, 6) is -0.145. The van der Waals surface area contributed by atoms with Gasteiger partial charge in [0.05, 0.1) is 7.11 Å². The number of hydrogen-bond donors (Lipinski definition) is 1. The molecule has 1 aliphatic heterocycles. The average molecular weight is 299 g/mol. The van der Waals surface area contributed by atoms with Crippen LogP contribution in [0.25, 0.3) is 0 Å². The first-order valence-corrected chi connectivity index (χ1v) is 8.36. The molecule has 0 spiro atoms. The number of hydrogen-bond acceptors (Lipinski definition) is 5. The van der Waals surface area contributed by atoms with Crippen molar-refractivity contribution in [2.75, 3.05) is 46.9 Å². The summed E-state index contributed by atoms with van der Waals surface area (Å²) in [5.41, 5.74) is 0. The summed E-state index contributed by atoms with van der Waals surface area (Å²) in [6, 6.07) is 0.503. The molecule has 1 rings (SSSR count). The molecule has 5 heteroatoms. The van der Waals surface area contributed by atoms with Crippen LogP contribution in [-0.4, -0.2) is 74.7 Å². The molecule has 124 valence electrons. The van der Waals surface area contributed by atoms with Crippen LogP contribution in [0.1, 0.15) is 39.5 Å². The van der Waals surface area contributed by atoms with Crippen LogP contribution >= 0.6 is 0 Å². The molecule has 1 fully saturated rings. The third-order valence-corrected chi connectivity index (χ3v) is 4.35. The first-order valence-electron chi connectivity index (χ1n) is 8.36. The van der Waals surface area contributed by atoms with Crippen molar-refractivity contribution >= 4 is 5.97 Å². The lowest BCUT2D eigenvalue weighted by atomic mass is 10.1. The summed E-state index contributed by atoms with van der Waals surface area (Å²) >= 11 is 0. The van der Waals surface area contributed by atoms with Crippen LogP contribution in [-0.2, 0) is 9.53 Å². The molecule has 5 nitrogen and oxygen atoms in total. The van der Waals surface area contributed by atoms with Crippen LogP contribution in [0.3, 0.4) is 0 Å². The van der Waals surface area contributed by atoms with Gasteiger partial charge >= 0.3 is 5.97 Å². The second-order valence-electron chi connectivity index (χ2n) is 6.01. The highest BCUT2D eigenvalue weighted by atomic mass is 16.5. The van der Waals surface area contributed by atoms with Gasteiger partial charge in [-0.2, -0.15) is 0 Å². The first kappa shape index (κ1) is 18.4. The summed E-state index contributed by atoms with van der Waals surface area (Å²) in [7, 11) is 3.62. The van der Waals surface area contributed by atoms with Gasteiger partial charge in [0.25, 0.3) is 0 Å². The van der Waals surface area contributed by atoms with Gasteiger partial charge in [0.1, 0.15) is 6.04 Å². The van der Waals surface area contributed by atoms with E-state index in [9.17, 15) is 4.79 Å². The fourth-order valence-corrected chi connectivity index (χ4v) is 3.08. The Bertz CT molecular complexity index is 299. The SMILES string of the molecule is CCCNC(CCN(C)CC1CCCN1CC)C(=O)OC. The molecule has 0 radical (unpaired) electrons. The molecule has 1 aliphatic rings. The maximum atomic E-state index is 11.8. The van der Waals surface area contributed by atoms with Gasteiger partial charge < -0.3 is 15.0 Å². The number of nitrogens with zero attached hydrogens (tertiary/aromatic N) is 2. The molecular weight excluding hydrogens is 266 g/mol. The summed E-state index contributed by atoms with van der Waals surface area (Å²) < 4.78 is 4.88. The fourth-order valence-electron chi connectivity index (χ4n) is 3.08. The van der Waals surface area contributed by atoms with Gasteiger partial charge in [0.15, 0.2) is 0 Å². The van der Waals surface area contributed by atoms with Crippen molar-refractivity contribution < 1.29 is 9.53 Å². The largest absolute Gasteiger partial charge is 0.468 e. The normalized spacial score (nSPS) is 20.9. The van der Waals surface area contributed by atoms with Gasteiger partial charge in [-0.25, -0.2) is 0 Å². The zero-order valence-electron chi connectivity index (χ0n) is 14.2. The Kier molecular flexibility index (Phi) is 8.88. The average Bonchev–Trinajstić information content (AvgIpc) is 2.93. The Morgan fingerprint density at radius 2 is 2.24 bits per heavy atom. The molecule has 21 heavy (non-hydrogen) atoms. The lowest BCUT2D eigenvalue weighted by molar-refractivity contribution is -0.143. The highest BCUT2D eigenvalue weighted by Crippen LogP contribution is 2.17. The highest BCUT2D eigenvalue weighted by Gasteiger charge is 2.25. The van der Waals surface area contributed by atoms with E-state index in [0.29, 0.717) is 6.04 Å². The Hall–Kier alpha value is -0.650. The maximum Gasteiger partial charge on any atom is 0.322 e. The van der Waals surface area contributed by atoms with Crippen LogP contribution in [0.4, 0.5) is 0 Å². The van der Waals surface area contributed by atoms with Gasteiger partial charge in [0.2, 0.25) is 0 Å². The number of likely N-dealkylation sites (N-methyl/N-ethyl adjacent to an activating group) is 2. The minimum atomic E-state index is -0.178. The number of likely N-dealkylation sites (tertiary alicyclic amines) is 1. The zero-order valence-corrected chi connectivity index (χ0v) is 14.2. The van der Waals surface area contributed by atoms with Crippen LogP contribution in [0.15, 0.2) is 0 Å². The molecule has 0 aromatic rings. The lowest BCUT2D eigenvalue weighted by Gasteiger charge is -2.28. The molecule has 1 saturated heterocycles. The van der Waals surface area contributed by atoms with Crippen molar-refractivity contribution in [2.24, 2.45) is 0 Å². The summed E-state index contributed by atoms with van der Waals surface area (Å²) in [4.78, 5) is 16.7. The zero-order chi connectivity index (χ0) is 15.7. The van der Waals surface area contributed by atoms with E-state index in [1.54, 1.807) is 0 Å². The van der Waals surface area contributed by atoms with Crippen LogP contribution in [0.2, 0.25) is 0 Å². The van der Waals surface area contributed by atoms with E-state index in [4.69, 9.17) is 4.74 Å². The van der Waals surface area contributed by atoms with E-state index in [1.165, 1.54) is 26.5 Å². The Morgan fingerprint density at radius 1 is 1.48 bits per heavy atom. The van der Waals surface area contributed by atoms with Crippen LogP contribution in [0.5, 0.6) is 0 Å². The topological polar surface area (TPSA) is 44.8 Å². The molecule has 0 aromatic heterocycles. The first-order chi connectivity index (χ1) is 10.1. The number of ether oxygens (including phenoxy) is 1. The third kappa shape index (κ3) is 6.32. The predicted molar refractivity (Wildman–Crippen MR) is 86.5 cm³/mol. The van der Waals surface area contributed by atoms with E-state index in [1.807, 2.05) is 0 Å². The van der Waals surface area contributed by atoms with Crippen molar-refractivity contribution in [3.05, 3.63) is 0 Å². The van der Waals surface area contributed by atoms with E-state index < -0.39 is 0 Å². The van der Waals surface area contributed by atoms with Crippen molar-refractivity contribution in [2.45, 2.75) is 51.6 Å². The van der Waals surface area contributed by atoms with Crippen molar-refractivity contribution in [3.63, 3.8) is 0 Å². The fraction of sp³-hybridized carbons (Fsp3) is 0.938. The van der Waals surface area contributed by atoms with E-state index in [2.05, 4.69) is 36.0 Å². The van der Waals surface area contributed by atoms with E-state index >= 15 is 0 Å². The van der Waals surface area contributed by atoms with E-state index in [-0.39, 0.29) is 12.0 Å². The van der Waals surface area contributed by atoms with Crippen molar-refractivity contribution in [1.29, 1.82) is 0 Å². The number of methoxy groups -OCH3 is 1. The van der Waals surface area contributed by atoms with Crippen LogP contribution in [0, 0.1) is 0 Å². The Morgan fingerprint density at radius 3 is 2.86 bits per heavy atom. The number of esters is 1. The molecular formula is C16H33N3O2. The Balaban J connectivity index is 2.34. The Labute approximate surface area is 130 Å². The van der Waals surface area contributed by atoms with Crippen LogP contribution < -0.4 is 5.32 Å². The van der Waals surface area contributed by atoms with Gasteiger partial charge in [-0.1, -0.05) is 13.8 Å². The van der Waals surface area contributed by atoms with Gasteiger partial charge in [0, 0.05) is 12.6 Å². The van der Waals surface area contributed by atoms with Crippen molar-refractivity contribution in [3.8, 4) is 0 Å². The van der Waals surface area contributed by atoms with E-state index in [0.717, 1.165) is 39.0 Å².